The van der Waals surface area contributed by atoms with Crippen LogP contribution in [0.2, 0.25) is 0 Å². The molecule has 0 radical (unpaired) electrons. The lowest BCUT2D eigenvalue weighted by atomic mass is 9.96. The normalized spacial score (nSPS) is 18.8. The molecule has 0 atom stereocenters. The molecule has 0 aromatic rings. The van der Waals surface area contributed by atoms with Crippen LogP contribution in [0.5, 0.6) is 0 Å². The van der Waals surface area contributed by atoms with Gasteiger partial charge in [-0.1, -0.05) is 48.0 Å². The molecule has 0 saturated heterocycles. The van der Waals surface area contributed by atoms with Crippen molar-refractivity contribution in [1.29, 1.82) is 0 Å². The van der Waals surface area contributed by atoms with Crippen LogP contribution in [-0.4, -0.2) is 17.3 Å². The van der Waals surface area contributed by atoms with Crippen LogP contribution in [0.4, 0.5) is 0 Å². The van der Waals surface area contributed by atoms with Crippen molar-refractivity contribution in [2.75, 3.05) is 5.33 Å². The van der Waals surface area contributed by atoms with Crippen molar-refractivity contribution in [3.8, 4) is 0 Å². The first-order valence-corrected chi connectivity index (χ1v) is 7.80. The van der Waals surface area contributed by atoms with Gasteiger partial charge in [-0.3, -0.25) is 4.79 Å². The summed E-state index contributed by atoms with van der Waals surface area (Å²) in [6.45, 7) is 0. The molecule has 1 aliphatic carbocycles. The minimum atomic E-state index is 0.256. The van der Waals surface area contributed by atoms with E-state index in [1.54, 1.807) is 0 Å². The number of alkyl halides is 1. The van der Waals surface area contributed by atoms with Gasteiger partial charge in [0.05, 0.1) is 0 Å². The number of hydrogen-bond donors (Lipinski definition) is 1. The Hall–Kier alpha value is -0.0500. The van der Waals surface area contributed by atoms with Gasteiger partial charge in [-0.05, 0) is 25.7 Å². The Balaban J connectivity index is 2.14. The van der Waals surface area contributed by atoms with Gasteiger partial charge in [0.15, 0.2) is 0 Å². The molecule has 1 fully saturated rings. The van der Waals surface area contributed by atoms with Crippen LogP contribution in [-0.2, 0) is 4.79 Å². The molecular formula is C13H24BrNO. The van der Waals surface area contributed by atoms with Crippen molar-refractivity contribution in [3.63, 3.8) is 0 Å². The van der Waals surface area contributed by atoms with E-state index in [-0.39, 0.29) is 5.91 Å². The van der Waals surface area contributed by atoms with Gasteiger partial charge >= 0.3 is 0 Å². The molecule has 1 saturated carbocycles. The smallest absolute Gasteiger partial charge is 0.220 e. The molecule has 0 heterocycles. The zero-order valence-electron chi connectivity index (χ0n) is 10.1. The Morgan fingerprint density at radius 3 is 2.31 bits per heavy atom. The second-order valence-corrected chi connectivity index (χ2v) is 5.55. The van der Waals surface area contributed by atoms with Gasteiger partial charge in [0.1, 0.15) is 0 Å². The fraction of sp³-hybridized carbons (Fsp3) is 0.923. The lowest BCUT2D eigenvalue weighted by molar-refractivity contribution is -0.122. The quantitative estimate of drug-likeness (QED) is 0.606. The SMILES string of the molecule is O=C(CCCCBr)NC1CCCCCCC1. The van der Waals surface area contributed by atoms with Gasteiger partial charge in [0.2, 0.25) is 5.91 Å². The predicted octanol–water partition coefficient (Wildman–Crippen LogP) is 3.78. The molecule has 0 spiro atoms. The van der Waals surface area contributed by atoms with Crippen molar-refractivity contribution in [2.24, 2.45) is 0 Å². The van der Waals surface area contributed by atoms with E-state index >= 15 is 0 Å². The Kier molecular flexibility index (Phi) is 7.91. The van der Waals surface area contributed by atoms with Gasteiger partial charge in [-0.2, -0.15) is 0 Å². The van der Waals surface area contributed by atoms with Crippen LogP contribution >= 0.6 is 15.9 Å². The molecule has 1 aliphatic rings. The third-order valence-corrected chi connectivity index (χ3v) is 3.82. The van der Waals surface area contributed by atoms with E-state index in [4.69, 9.17) is 0 Å². The Morgan fingerprint density at radius 1 is 1.06 bits per heavy atom. The third kappa shape index (κ3) is 6.51. The molecular weight excluding hydrogens is 266 g/mol. The first kappa shape index (κ1) is 14.0. The van der Waals surface area contributed by atoms with E-state index in [0.717, 1.165) is 18.2 Å². The highest BCUT2D eigenvalue weighted by molar-refractivity contribution is 9.09. The van der Waals surface area contributed by atoms with Crippen LogP contribution in [0.3, 0.4) is 0 Å². The van der Waals surface area contributed by atoms with Crippen LogP contribution in [0.1, 0.15) is 64.2 Å². The van der Waals surface area contributed by atoms with Gasteiger partial charge in [0.25, 0.3) is 0 Å². The lowest BCUT2D eigenvalue weighted by Gasteiger charge is -2.21. The number of amides is 1. The van der Waals surface area contributed by atoms with Crippen LogP contribution in [0, 0.1) is 0 Å². The van der Waals surface area contributed by atoms with Crippen molar-refractivity contribution in [1.82, 2.24) is 5.32 Å². The monoisotopic (exact) mass is 289 g/mol. The summed E-state index contributed by atoms with van der Waals surface area (Å²) in [4.78, 5) is 11.7. The maximum atomic E-state index is 11.7. The van der Waals surface area contributed by atoms with Crippen LogP contribution in [0.15, 0.2) is 0 Å². The van der Waals surface area contributed by atoms with Crippen molar-refractivity contribution in [3.05, 3.63) is 0 Å². The lowest BCUT2D eigenvalue weighted by Crippen LogP contribution is -2.35. The van der Waals surface area contributed by atoms with Crippen molar-refractivity contribution < 1.29 is 4.79 Å². The highest BCUT2D eigenvalue weighted by Crippen LogP contribution is 2.17. The molecule has 0 aliphatic heterocycles. The second kappa shape index (κ2) is 9.03. The van der Waals surface area contributed by atoms with E-state index in [1.807, 2.05) is 0 Å². The number of halogens is 1. The molecule has 0 aromatic heterocycles. The fourth-order valence-corrected chi connectivity index (χ4v) is 2.68. The minimum absolute atomic E-state index is 0.256. The van der Waals surface area contributed by atoms with E-state index in [2.05, 4.69) is 21.2 Å². The molecule has 0 bridgehead atoms. The van der Waals surface area contributed by atoms with E-state index in [1.165, 1.54) is 44.9 Å². The fourth-order valence-electron chi connectivity index (χ4n) is 2.28. The number of carbonyl (C=O) groups excluding carboxylic acids is 1. The Bertz CT molecular complexity index is 188. The summed E-state index contributed by atoms with van der Waals surface area (Å²) in [5, 5.41) is 4.19. The standard InChI is InChI=1S/C13H24BrNO/c14-11-7-6-10-13(16)15-12-8-4-2-1-3-5-9-12/h12H,1-11H2,(H,15,16). The maximum Gasteiger partial charge on any atom is 0.220 e. The van der Waals surface area contributed by atoms with E-state index in [0.29, 0.717) is 12.5 Å². The molecule has 3 heteroatoms. The van der Waals surface area contributed by atoms with Gasteiger partial charge < -0.3 is 5.32 Å². The number of nitrogens with one attached hydrogen (secondary N) is 1. The average molecular weight is 290 g/mol. The highest BCUT2D eigenvalue weighted by atomic mass is 79.9. The van der Waals surface area contributed by atoms with Gasteiger partial charge in [0, 0.05) is 17.8 Å². The zero-order valence-corrected chi connectivity index (χ0v) is 11.7. The van der Waals surface area contributed by atoms with Crippen molar-refractivity contribution >= 4 is 21.8 Å². The number of carbonyl (C=O) groups is 1. The summed E-state index contributed by atoms with van der Waals surface area (Å²) in [6, 6.07) is 0.455. The molecule has 1 amide bonds. The average Bonchev–Trinajstić information content (AvgIpc) is 2.22. The third-order valence-electron chi connectivity index (χ3n) is 3.26. The summed E-state index contributed by atoms with van der Waals surface area (Å²) in [6.07, 6.45) is 11.8. The molecule has 0 aromatic carbocycles. The number of unbranched alkanes of at least 4 members (excludes halogenated alkanes) is 1. The topological polar surface area (TPSA) is 29.1 Å². The first-order chi connectivity index (χ1) is 7.83. The first-order valence-electron chi connectivity index (χ1n) is 6.68. The summed E-state index contributed by atoms with van der Waals surface area (Å²) < 4.78 is 0. The molecule has 16 heavy (non-hydrogen) atoms. The summed E-state index contributed by atoms with van der Waals surface area (Å²) in [5.74, 6) is 0.256. The van der Waals surface area contributed by atoms with Gasteiger partial charge in [-0.15, -0.1) is 0 Å². The summed E-state index contributed by atoms with van der Waals surface area (Å²) >= 11 is 3.39. The Morgan fingerprint density at radius 2 is 1.69 bits per heavy atom. The van der Waals surface area contributed by atoms with E-state index < -0.39 is 0 Å². The molecule has 94 valence electrons. The highest BCUT2D eigenvalue weighted by Gasteiger charge is 2.13. The predicted molar refractivity (Wildman–Crippen MR) is 71.9 cm³/mol. The summed E-state index contributed by atoms with van der Waals surface area (Å²) in [7, 11) is 0. The van der Waals surface area contributed by atoms with Crippen LogP contribution < -0.4 is 5.32 Å². The largest absolute Gasteiger partial charge is 0.353 e. The second-order valence-electron chi connectivity index (χ2n) is 4.76. The van der Waals surface area contributed by atoms with Gasteiger partial charge in [-0.25, -0.2) is 0 Å². The van der Waals surface area contributed by atoms with Crippen LogP contribution in [0.25, 0.3) is 0 Å². The number of rotatable bonds is 5. The van der Waals surface area contributed by atoms with Crippen molar-refractivity contribution in [2.45, 2.75) is 70.3 Å². The van der Waals surface area contributed by atoms with E-state index in [9.17, 15) is 4.79 Å². The zero-order chi connectivity index (χ0) is 11.6. The molecule has 1 rings (SSSR count). The maximum absolute atomic E-state index is 11.7. The molecule has 2 nitrogen and oxygen atoms in total. The minimum Gasteiger partial charge on any atom is -0.353 e. The summed E-state index contributed by atoms with van der Waals surface area (Å²) in [5.41, 5.74) is 0. The number of hydrogen-bond acceptors (Lipinski definition) is 1. The molecule has 0 unspecified atom stereocenters. The Labute approximate surface area is 108 Å². The molecule has 1 N–H and O–H groups in total.